The summed E-state index contributed by atoms with van der Waals surface area (Å²) in [4.78, 5) is 8.92. The quantitative estimate of drug-likeness (QED) is 0.840. The zero-order valence-electron chi connectivity index (χ0n) is 12.6. The largest absolute Gasteiger partial charge is 0.373 e. The monoisotopic (exact) mass is 275 g/mol. The summed E-state index contributed by atoms with van der Waals surface area (Å²) in [6.45, 7) is 4.22. The molecule has 0 aromatic carbocycles. The van der Waals surface area contributed by atoms with Crippen molar-refractivity contribution in [2.24, 2.45) is 0 Å². The van der Waals surface area contributed by atoms with E-state index in [2.05, 4.69) is 41.0 Å². The minimum Gasteiger partial charge on any atom is -0.373 e. The van der Waals surface area contributed by atoms with Gasteiger partial charge in [-0.25, -0.2) is 0 Å². The zero-order valence-corrected chi connectivity index (χ0v) is 12.6. The maximum atomic E-state index is 6.18. The topological polar surface area (TPSA) is 28.6 Å². The molecule has 20 heavy (non-hydrogen) atoms. The summed E-state index contributed by atoms with van der Waals surface area (Å²) < 4.78 is 6.18. The average molecular weight is 275 g/mol. The molecular formula is C16H25N3O. The molecule has 2 aliphatic rings. The van der Waals surface area contributed by atoms with Crippen LogP contribution in [0.1, 0.15) is 24.8 Å². The van der Waals surface area contributed by atoms with Gasteiger partial charge in [-0.1, -0.05) is 0 Å². The van der Waals surface area contributed by atoms with E-state index in [1.165, 1.54) is 24.8 Å². The molecule has 1 aromatic rings. The van der Waals surface area contributed by atoms with Crippen molar-refractivity contribution in [1.82, 2.24) is 14.8 Å². The minimum absolute atomic E-state index is 0.156. The van der Waals surface area contributed by atoms with Crippen molar-refractivity contribution >= 4 is 0 Å². The molecule has 0 amide bonds. The second kappa shape index (κ2) is 5.80. The van der Waals surface area contributed by atoms with Crippen LogP contribution >= 0.6 is 0 Å². The van der Waals surface area contributed by atoms with Crippen LogP contribution in [0, 0.1) is 0 Å². The van der Waals surface area contributed by atoms with Crippen molar-refractivity contribution in [2.45, 2.75) is 37.5 Å². The molecule has 1 aromatic heterocycles. The van der Waals surface area contributed by atoms with Crippen LogP contribution in [0.4, 0.5) is 0 Å². The van der Waals surface area contributed by atoms with Gasteiger partial charge in [0.1, 0.15) is 0 Å². The van der Waals surface area contributed by atoms with Gasteiger partial charge in [-0.15, -0.1) is 0 Å². The number of aromatic nitrogens is 1. The molecule has 4 nitrogen and oxygen atoms in total. The molecule has 2 saturated heterocycles. The number of likely N-dealkylation sites (N-methyl/N-ethyl adjacent to an activating group) is 1. The lowest BCUT2D eigenvalue weighted by Crippen LogP contribution is -2.44. The van der Waals surface area contributed by atoms with Gasteiger partial charge in [0.15, 0.2) is 0 Å². The van der Waals surface area contributed by atoms with Gasteiger partial charge in [0, 0.05) is 38.1 Å². The Labute approximate surface area is 121 Å². The normalized spacial score (nSPS) is 26.4. The summed E-state index contributed by atoms with van der Waals surface area (Å²) in [5, 5.41) is 0. The van der Waals surface area contributed by atoms with Crippen LogP contribution in [-0.2, 0) is 11.3 Å². The highest BCUT2D eigenvalue weighted by molar-refractivity contribution is 5.10. The van der Waals surface area contributed by atoms with E-state index >= 15 is 0 Å². The summed E-state index contributed by atoms with van der Waals surface area (Å²) in [5.74, 6) is 0. The van der Waals surface area contributed by atoms with E-state index in [0.29, 0.717) is 6.04 Å². The maximum Gasteiger partial charge on any atom is 0.0723 e. The van der Waals surface area contributed by atoms with E-state index in [-0.39, 0.29) is 5.60 Å². The van der Waals surface area contributed by atoms with Gasteiger partial charge in [0.2, 0.25) is 0 Å². The molecule has 0 aliphatic carbocycles. The number of rotatable bonds is 3. The number of likely N-dealkylation sites (tertiary alicyclic amines) is 1. The molecule has 2 aliphatic heterocycles. The van der Waals surface area contributed by atoms with Crippen molar-refractivity contribution < 1.29 is 4.74 Å². The van der Waals surface area contributed by atoms with Gasteiger partial charge in [0.05, 0.1) is 12.2 Å². The standard InChI is InChI=1S/C16H25N3O/c1-18(2)15-11-16(20-13-15)5-9-19(10-6-16)12-14-3-7-17-8-4-14/h3-4,7-8,15H,5-6,9-13H2,1-2H3. The van der Waals surface area contributed by atoms with Crippen LogP contribution in [0.15, 0.2) is 24.5 Å². The Morgan fingerprint density at radius 1 is 1.30 bits per heavy atom. The first-order valence-electron chi connectivity index (χ1n) is 7.59. The number of ether oxygens (including phenoxy) is 1. The molecule has 2 fully saturated rings. The van der Waals surface area contributed by atoms with Crippen LogP contribution in [0.2, 0.25) is 0 Å². The molecule has 3 heterocycles. The predicted molar refractivity (Wildman–Crippen MR) is 79.5 cm³/mol. The van der Waals surface area contributed by atoms with E-state index in [1.807, 2.05) is 12.4 Å². The molecule has 0 N–H and O–H groups in total. The highest BCUT2D eigenvalue weighted by Gasteiger charge is 2.43. The van der Waals surface area contributed by atoms with E-state index in [4.69, 9.17) is 4.74 Å². The Balaban J connectivity index is 1.53. The number of pyridine rings is 1. The Morgan fingerprint density at radius 3 is 2.60 bits per heavy atom. The Morgan fingerprint density at radius 2 is 2.00 bits per heavy atom. The van der Waals surface area contributed by atoms with Crippen molar-refractivity contribution in [2.75, 3.05) is 33.8 Å². The average Bonchev–Trinajstić information content (AvgIpc) is 2.87. The fraction of sp³-hybridized carbons (Fsp3) is 0.688. The summed E-state index contributed by atoms with van der Waals surface area (Å²) in [5.41, 5.74) is 1.51. The van der Waals surface area contributed by atoms with Gasteiger partial charge < -0.3 is 9.64 Å². The third-order valence-electron chi connectivity index (χ3n) is 4.84. The van der Waals surface area contributed by atoms with E-state index in [9.17, 15) is 0 Å². The summed E-state index contributed by atoms with van der Waals surface area (Å²) in [6.07, 6.45) is 7.29. The number of hydrogen-bond donors (Lipinski definition) is 0. The highest BCUT2D eigenvalue weighted by atomic mass is 16.5. The van der Waals surface area contributed by atoms with Crippen LogP contribution in [-0.4, -0.2) is 60.2 Å². The first-order valence-corrected chi connectivity index (χ1v) is 7.59. The maximum absolute atomic E-state index is 6.18. The predicted octanol–water partition coefficient (Wildman–Crippen LogP) is 1.77. The smallest absolute Gasteiger partial charge is 0.0723 e. The van der Waals surface area contributed by atoms with E-state index in [0.717, 1.165) is 26.2 Å². The summed E-state index contributed by atoms with van der Waals surface area (Å²) in [7, 11) is 4.32. The van der Waals surface area contributed by atoms with Gasteiger partial charge >= 0.3 is 0 Å². The van der Waals surface area contributed by atoms with Gasteiger partial charge in [-0.05, 0) is 51.1 Å². The third kappa shape index (κ3) is 3.03. The lowest BCUT2D eigenvalue weighted by molar-refractivity contribution is -0.0451. The lowest BCUT2D eigenvalue weighted by Gasteiger charge is -2.38. The SMILES string of the molecule is CN(C)C1COC2(CCN(Cc3ccncc3)CC2)C1. The Bertz CT molecular complexity index is 427. The minimum atomic E-state index is 0.156. The Kier molecular flexibility index (Phi) is 4.06. The van der Waals surface area contributed by atoms with Gasteiger partial charge in [0.25, 0.3) is 0 Å². The Hall–Kier alpha value is -0.970. The fourth-order valence-electron chi connectivity index (χ4n) is 3.37. The molecule has 0 bridgehead atoms. The second-order valence-electron chi connectivity index (χ2n) is 6.45. The van der Waals surface area contributed by atoms with Gasteiger partial charge in [-0.2, -0.15) is 0 Å². The molecule has 0 saturated carbocycles. The van der Waals surface area contributed by atoms with Crippen molar-refractivity contribution in [1.29, 1.82) is 0 Å². The molecule has 110 valence electrons. The first kappa shape index (κ1) is 14.0. The third-order valence-corrected chi connectivity index (χ3v) is 4.84. The van der Waals surface area contributed by atoms with Crippen molar-refractivity contribution in [3.8, 4) is 0 Å². The molecule has 1 spiro atoms. The lowest BCUT2D eigenvalue weighted by atomic mass is 9.87. The van der Waals surface area contributed by atoms with Crippen LogP contribution in [0.25, 0.3) is 0 Å². The molecule has 1 atom stereocenters. The van der Waals surface area contributed by atoms with Crippen molar-refractivity contribution in [3.63, 3.8) is 0 Å². The number of piperidine rings is 1. The molecule has 3 rings (SSSR count). The van der Waals surface area contributed by atoms with Crippen LogP contribution < -0.4 is 0 Å². The molecular weight excluding hydrogens is 250 g/mol. The van der Waals surface area contributed by atoms with E-state index in [1.54, 1.807) is 0 Å². The van der Waals surface area contributed by atoms with Crippen LogP contribution in [0.3, 0.4) is 0 Å². The molecule has 0 radical (unpaired) electrons. The zero-order chi connectivity index (χ0) is 14.0. The number of hydrogen-bond acceptors (Lipinski definition) is 4. The molecule has 1 unspecified atom stereocenters. The van der Waals surface area contributed by atoms with Gasteiger partial charge in [-0.3, -0.25) is 9.88 Å². The van der Waals surface area contributed by atoms with E-state index < -0.39 is 0 Å². The van der Waals surface area contributed by atoms with Crippen molar-refractivity contribution in [3.05, 3.63) is 30.1 Å². The fourth-order valence-corrected chi connectivity index (χ4v) is 3.37. The van der Waals surface area contributed by atoms with Crippen LogP contribution in [0.5, 0.6) is 0 Å². The highest BCUT2D eigenvalue weighted by Crippen LogP contribution is 2.37. The molecule has 4 heteroatoms. The summed E-state index contributed by atoms with van der Waals surface area (Å²) in [6, 6.07) is 4.82. The second-order valence-corrected chi connectivity index (χ2v) is 6.45. The number of nitrogens with zero attached hydrogens (tertiary/aromatic N) is 3. The summed E-state index contributed by atoms with van der Waals surface area (Å²) >= 11 is 0. The first-order chi connectivity index (χ1) is 9.67.